The van der Waals surface area contributed by atoms with Gasteiger partial charge in [0.15, 0.2) is 0 Å². The second kappa shape index (κ2) is 7.93. The molecule has 0 saturated carbocycles. The number of nitrogens with one attached hydrogen (secondary N) is 2. The van der Waals surface area contributed by atoms with Crippen molar-refractivity contribution in [3.8, 4) is 0 Å². The molecule has 0 spiro atoms. The van der Waals surface area contributed by atoms with Crippen LogP contribution in [0.1, 0.15) is 56.8 Å². The Morgan fingerprint density at radius 1 is 1.20 bits per heavy atom. The van der Waals surface area contributed by atoms with Crippen LogP contribution in [0.15, 0.2) is 24.3 Å². The summed E-state index contributed by atoms with van der Waals surface area (Å²) in [5.74, 6) is -0.00137. The van der Waals surface area contributed by atoms with Crippen molar-refractivity contribution in [1.82, 2.24) is 5.32 Å². The first kappa shape index (κ1) is 16.5. The highest BCUT2D eigenvalue weighted by Gasteiger charge is 2.19. The maximum atomic E-state index is 12.2. The van der Waals surface area contributed by atoms with Crippen molar-refractivity contribution in [2.24, 2.45) is 5.41 Å². The molecule has 1 amide bonds. The van der Waals surface area contributed by atoms with Crippen LogP contribution in [0.3, 0.4) is 0 Å². The third-order valence-corrected chi connectivity index (χ3v) is 3.63. The number of amides is 1. The van der Waals surface area contributed by atoms with Crippen molar-refractivity contribution in [3.63, 3.8) is 0 Å². The molecule has 0 aromatic heterocycles. The molecule has 0 radical (unpaired) electrons. The molecule has 0 atom stereocenters. The van der Waals surface area contributed by atoms with Crippen LogP contribution < -0.4 is 10.6 Å². The number of para-hydroxylation sites is 1. The molecular formula is C17H28N2O. The van der Waals surface area contributed by atoms with E-state index in [1.807, 2.05) is 31.3 Å². The lowest BCUT2D eigenvalue weighted by atomic mass is 9.87. The second-order valence-corrected chi connectivity index (χ2v) is 6.10. The predicted molar refractivity (Wildman–Crippen MR) is 86.2 cm³/mol. The summed E-state index contributed by atoms with van der Waals surface area (Å²) in [6.07, 6.45) is 4.87. The first-order valence-electron chi connectivity index (χ1n) is 7.55. The molecule has 0 unspecified atom stereocenters. The van der Waals surface area contributed by atoms with Gasteiger partial charge in [0, 0.05) is 19.3 Å². The van der Waals surface area contributed by atoms with Crippen LogP contribution in [0.25, 0.3) is 0 Å². The van der Waals surface area contributed by atoms with Gasteiger partial charge in [-0.2, -0.15) is 0 Å². The third-order valence-electron chi connectivity index (χ3n) is 3.63. The summed E-state index contributed by atoms with van der Waals surface area (Å²) in [5.41, 5.74) is 1.73. The summed E-state index contributed by atoms with van der Waals surface area (Å²) >= 11 is 0. The van der Waals surface area contributed by atoms with Gasteiger partial charge in [-0.1, -0.05) is 52.2 Å². The molecule has 1 rings (SSSR count). The fourth-order valence-corrected chi connectivity index (χ4v) is 2.26. The smallest absolute Gasteiger partial charge is 0.253 e. The number of anilines is 1. The first-order valence-corrected chi connectivity index (χ1v) is 7.55. The van der Waals surface area contributed by atoms with Gasteiger partial charge in [-0.25, -0.2) is 0 Å². The minimum absolute atomic E-state index is 0.00137. The van der Waals surface area contributed by atoms with Crippen LogP contribution in [0.4, 0.5) is 5.69 Å². The zero-order valence-electron chi connectivity index (χ0n) is 13.3. The molecule has 2 N–H and O–H groups in total. The topological polar surface area (TPSA) is 41.1 Å². The predicted octanol–water partition coefficient (Wildman–Crippen LogP) is 4.06. The van der Waals surface area contributed by atoms with E-state index in [1.54, 1.807) is 0 Å². The monoisotopic (exact) mass is 276 g/mol. The number of carbonyl (C=O) groups is 1. The van der Waals surface area contributed by atoms with E-state index in [1.165, 1.54) is 19.3 Å². The van der Waals surface area contributed by atoms with Gasteiger partial charge < -0.3 is 10.6 Å². The van der Waals surface area contributed by atoms with Crippen LogP contribution >= 0.6 is 0 Å². The van der Waals surface area contributed by atoms with Gasteiger partial charge in [-0.3, -0.25) is 4.79 Å². The van der Waals surface area contributed by atoms with Crippen molar-refractivity contribution in [1.29, 1.82) is 0 Å². The number of benzene rings is 1. The van der Waals surface area contributed by atoms with Crippen molar-refractivity contribution >= 4 is 11.6 Å². The van der Waals surface area contributed by atoms with Crippen LogP contribution in [0, 0.1) is 5.41 Å². The lowest BCUT2D eigenvalue weighted by Gasteiger charge is -2.25. The summed E-state index contributed by atoms with van der Waals surface area (Å²) in [5, 5.41) is 6.12. The standard InChI is InChI=1S/C17H28N2O/c1-5-6-9-12-17(2,3)13-19-16(20)14-10-7-8-11-15(14)18-4/h7-8,10-11,18H,5-6,9,12-13H2,1-4H3,(H,19,20). The first-order chi connectivity index (χ1) is 9.50. The zero-order valence-corrected chi connectivity index (χ0v) is 13.3. The molecule has 3 nitrogen and oxygen atoms in total. The summed E-state index contributed by atoms with van der Waals surface area (Å²) in [6, 6.07) is 7.59. The molecule has 0 aliphatic rings. The normalized spacial score (nSPS) is 11.2. The fourth-order valence-electron chi connectivity index (χ4n) is 2.26. The average Bonchev–Trinajstić information content (AvgIpc) is 2.45. The second-order valence-electron chi connectivity index (χ2n) is 6.10. The Morgan fingerprint density at radius 3 is 2.55 bits per heavy atom. The highest BCUT2D eigenvalue weighted by atomic mass is 16.1. The van der Waals surface area contributed by atoms with Crippen molar-refractivity contribution < 1.29 is 4.79 Å². The quantitative estimate of drug-likeness (QED) is 0.703. The summed E-state index contributed by atoms with van der Waals surface area (Å²) in [7, 11) is 1.83. The molecule has 112 valence electrons. The van der Waals surface area contributed by atoms with E-state index in [9.17, 15) is 4.79 Å². The Morgan fingerprint density at radius 2 is 1.90 bits per heavy atom. The van der Waals surface area contributed by atoms with Crippen molar-refractivity contribution in [2.75, 3.05) is 18.9 Å². The van der Waals surface area contributed by atoms with Gasteiger partial charge in [0.1, 0.15) is 0 Å². The summed E-state index contributed by atoms with van der Waals surface area (Å²) < 4.78 is 0. The Bertz CT molecular complexity index is 427. The van der Waals surface area contributed by atoms with Crippen LogP contribution in [-0.2, 0) is 0 Å². The van der Waals surface area contributed by atoms with Gasteiger partial charge in [0.2, 0.25) is 0 Å². The number of hydrogen-bond acceptors (Lipinski definition) is 2. The molecule has 0 aliphatic carbocycles. The SMILES string of the molecule is CCCCCC(C)(C)CNC(=O)c1ccccc1NC. The van der Waals surface area contributed by atoms with E-state index in [2.05, 4.69) is 31.4 Å². The van der Waals surface area contributed by atoms with Crippen LogP contribution in [0.5, 0.6) is 0 Å². The highest BCUT2D eigenvalue weighted by molar-refractivity contribution is 5.99. The summed E-state index contributed by atoms with van der Waals surface area (Å²) in [4.78, 5) is 12.2. The van der Waals surface area contributed by atoms with Gasteiger partial charge in [-0.15, -0.1) is 0 Å². The number of carbonyl (C=O) groups excluding carboxylic acids is 1. The molecule has 0 fully saturated rings. The average molecular weight is 276 g/mol. The highest BCUT2D eigenvalue weighted by Crippen LogP contribution is 2.23. The third kappa shape index (κ3) is 5.24. The Hall–Kier alpha value is -1.51. The molecular weight excluding hydrogens is 248 g/mol. The molecule has 0 bridgehead atoms. The molecule has 1 aromatic rings. The largest absolute Gasteiger partial charge is 0.387 e. The number of rotatable bonds is 8. The Balaban J connectivity index is 2.54. The molecule has 0 heterocycles. The minimum atomic E-state index is -0.00137. The van der Waals surface area contributed by atoms with E-state index in [0.717, 1.165) is 12.1 Å². The van der Waals surface area contributed by atoms with Gasteiger partial charge >= 0.3 is 0 Å². The lowest BCUT2D eigenvalue weighted by molar-refractivity contribution is 0.0935. The maximum Gasteiger partial charge on any atom is 0.253 e. The van der Waals surface area contributed by atoms with Gasteiger partial charge in [0.25, 0.3) is 5.91 Å². The lowest BCUT2D eigenvalue weighted by Crippen LogP contribution is -2.34. The van der Waals surface area contributed by atoms with E-state index < -0.39 is 0 Å². The molecule has 0 saturated heterocycles. The van der Waals surface area contributed by atoms with Gasteiger partial charge in [-0.05, 0) is 24.0 Å². The van der Waals surface area contributed by atoms with E-state index in [-0.39, 0.29) is 11.3 Å². The molecule has 20 heavy (non-hydrogen) atoms. The van der Waals surface area contributed by atoms with Gasteiger partial charge in [0.05, 0.1) is 5.56 Å². The molecule has 1 aromatic carbocycles. The van der Waals surface area contributed by atoms with Crippen molar-refractivity contribution in [2.45, 2.75) is 46.5 Å². The molecule has 0 aliphatic heterocycles. The fraction of sp³-hybridized carbons (Fsp3) is 0.588. The van der Waals surface area contributed by atoms with E-state index in [4.69, 9.17) is 0 Å². The Labute approximate surface area is 123 Å². The minimum Gasteiger partial charge on any atom is -0.387 e. The van der Waals surface area contributed by atoms with E-state index in [0.29, 0.717) is 12.1 Å². The number of unbranched alkanes of at least 4 members (excludes halogenated alkanes) is 2. The van der Waals surface area contributed by atoms with Crippen molar-refractivity contribution in [3.05, 3.63) is 29.8 Å². The summed E-state index contributed by atoms with van der Waals surface area (Å²) in [6.45, 7) is 7.36. The number of hydrogen-bond donors (Lipinski definition) is 2. The Kier molecular flexibility index (Phi) is 6.56. The van der Waals surface area contributed by atoms with Crippen LogP contribution in [-0.4, -0.2) is 19.5 Å². The molecule has 3 heteroatoms. The maximum absolute atomic E-state index is 12.2. The van der Waals surface area contributed by atoms with E-state index >= 15 is 0 Å². The zero-order chi connectivity index (χ0) is 15.0. The van der Waals surface area contributed by atoms with Crippen LogP contribution in [0.2, 0.25) is 0 Å².